The molecule has 0 saturated carbocycles. The van der Waals surface area contributed by atoms with Crippen LogP contribution in [0.1, 0.15) is 40.0 Å². The molecule has 1 fully saturated rings. The first-order chi connectivity index (χ1) is 10.2. The molecular weight excluding hydrogens is 290 g/mol. The molecule has 21 heavy (non-hydrogen) atoms. The van der Waals surface area contributed by atoms with Gasteiger partial charge in [0.15, 0.2) is 6.10 Å². The zero-order chi connectivity index (χ0) is 15.2. The van der Waals surface area contributed by atoms with E-state index in [2.05, 4.69) is 20.6 Å². The first-order valence-electron chi connectivity index (χ1n) is 7.56. The van der Waals surface area contributed by atoms with E-state index in [0.29, 0.717) is 18.9 Å². The second kappa shape index (κ2) is 7.59. The number of esters is 1. The fourth-order valence-electron chi connectivity index (χ4n) is 2.33. The van der Waals surface area contributed by atoms with E-state index in [4.69, 9.17) is 9.47 Å². The molecule has 2 rings (SSSR count). The molecule has 0 aliphatic carbocycles. The molecule has 1 aromatic rings. The standard InChI is InChI=1S/C14H23N3O3S/c1-4-11(14(18)19-5-2)20-13-12(15-21-16-13)17-8-6-10(3)7-9-17/h10-11H,4-9H2,1-3H3. The van der Waals surface area contributed by atoms with E-state index < -0.39 is 6.10 Å². The molecule has 0 amide bonds. The largest absolute Gasteiger partial charge is 0.463 e. The Morgan fingerprint density at radius 2 is 2.10 bits per heavy atom. The molecule has 1 aromatic heterocycles. The van der Waals surface area contributed by atoms with Gasteiger partial charge in [0, 0.05) is 13.1 Å². The van der Waals surface area contributed by atoms with Crippen molar-refractivity contribution >= 4 is 23.5 Å². The van der Waals surface area contributed by atoms with Crippen molar-refractivity contribution in [2.45, 2.75) is 46.1 Å². The minimum atomic E-state index is -0.615. The van der Waals surface area contributed by atoms with Crippen molar-refractivity contribution in [3.8, 4) is 5.88 Å². The Kier molecular flexibility index (Phi) is 5.78. The van der Waals surface area contributed by atoms with Gasteiger partial charge in [-0.25, -0.2) is 4.79 Å². The summed E-state index contributed by atoms with van der Waals surface area (Å²) in [6.45, 7) is 8.21. The molecule has 7 heteroatoms. The smallest absolute Gasteiger partial charge is 0.347 e. The first kappa shape index (κ1) is 16.0. The molecule has 1 aliphatic heterocycles. The molecule has 0 bridgehead atoms. The SMILES string of the molecule is CCOC(=O)C(CC)Oc1nsnc1N1CCC(C)CC1. The van der Waals surface area contributed by atoms with Crippen molar-refractivity contribution in [3.63, 3.8) is 0 Å². The summed E-state index contributed by atoms with van der Waals surface area (Å²) in [5.41, 5.74) is 0. The van der Waals surface area contributed by atoms with E-state index in [1.807, 2.05) is 6.92 Å². The Balaban J connectivity index is 2.04. The van der Waals surface area contributed by atoms with Crippen molar-refractivity contribution in [1.82, 2.24) is 8.75 Å². The van der Waals surface area contributed by atoms with Crippen molar-refractivity contribution in [2.75, 3.05) is 24.6 Å². The Hall–Kier alpha value is -1.37. The van der Waals surface area contributed by atoms with Crippen molar-refractivity contribution in [1.29, 1.82) is 0 Å². The van der Waals surface area contributed by atoms with Crippen LogP contribution < -0.4 is 9.64 Å². The van der Waals surface area contributed by atoms with Gasteiger partial charge >= 0.3 is 5.97 Å². The average molecular weight is 313 g/mol. The maximum atomic E-state index is 11.8. The van der Waals surface area contributed by atoms with Crippen LogP contribution in [0.5, 0.6) is 5.88 Å². The van der Waals surface area contributed by atoms with Gasteiger partial charge in [-0.3, -0.25) is 0 Å². The molecule has 6 nitrogen and oxygen atoms in total. The lowest BCUT2D eigenvalue weighted by Gasteiger charge is -2.30. The number of rotatable bonds is 6. The minimum Gasteiger partial charge on any atom is -0.463 e. The summed E-state index contributed by atoms with van der Waals surface area (Å²) in [6, 6.07) is 0. The third-order valence-electron chi connectivity index (χ3n) is 3.70. The molecule has 0 radical (unpaired) electrons. The molecule has 1 atom stereocenters. The van der Waals surface area contributed by atoms with Crippen LogP contribution in [0.2, 0.25) is 0 Å². The van der Waals surface area contributed by atoms with Crippen LogP contribution in [0.4, 0.5) is 5.82 Å². The number of nitrogens with zero attached hydrogens (tertiary/aromatic N) is 3. The zero-order valence-corrected chi connectivity index (χ0v) is 13.7. The Labute approximate surface area is 129 Å². The average Bonchev–Trinajstić information content (AvgIpc) is 2.94. The highest BCUT2D eigenvalue weighted by Gasteiger charge is 2.26. The van der Waals surface area contributed by atoms with Gasteiger partial charge in [-0.05, 0) is 32.1 Å². The van der Waals surface area contributed by atoms with E-state index in [1.165, 1.54) is 0 Å². The predicted molar refractivity (Wildman–Crippen MR) is 81.9 cm³/mol. The van der Waals surface area contributed by atoms with Gasteiger partial charge in [-0.2, -0.15) is 4.37 Å². The highest BCUT2D eigenvalue weighted by molar-refractivity contribution is 6.99. The third kappa shape index (κ3) is 4.06. The number of carbonyl (C=O) groups excluding carboxylic acids is 1. The quantitative estimate of drug-likeness (QED) is 0.752. The second-order valence-corrected chi connectivity index (χ2v) is 5.86. The molecule has 1 aliphatic rings. The molecule has 0 spiro atoms. The fourth-order valence-corrected chi connectivity index (χ4v) is 2.84. The van der Waals surface area contributed by atoms with Crippen molar-refractivity contribution in [3.05, 3.63) is 0 Å². The van der Waals surface area contributed by atoms with Gasteiger partial charge in [0.1, 0.15) is 0 Å². The van der Waals surface area contributed by atoms with Crippen LogP contribution in [-0.2, 0) is 9.53 Å². The summed E-state index contributed by atoms with van der Waals surface area (Å²) < 4.78 is 19.3. The van der Waals surface area contributed by atoms with Gasteiger partial charge in [0.2, 0.25) is 5.82 Å². The zero-order valence-electron chi connectivity index (χ0n) is 12.9. The topological polar surface area (TPSA) is 64.5 Å². The Morgan fingerprint density at radius 3 is 2.71 bits per heavy atom. The number of carbonyl (C=O) groups is 1. The van der Waals surface area contributed by atoms with E-state index in [0.717, 1.165) is 49.4 Å². The maximum Gasteiger partial charge on any atom is 0.347 e. The molecule has 0 N–H and O–H groups in total. The highest BCUT2D eigenvalue weighted by atomic mass is 32.1. The number of hydrogen-bond donors (Lipinski definition) is 0. The van der Waals surface area contributed by atoms with Crippen molar-refractivity contribution < 1.29 is 14.3 Å². The van der Waals surface area contributed by atoms with Gasteiger partial charge in [0.25, 0.3) is 5.88 Å². The third-order valence-corrected chi connectivity index (χ3v) is 4.20. The number of ether oxygens (including phenoxy) is 2. The lowest BCUT2D eigenvalue weighted by atomic mass is 9.99. The molecule has 118 valence electrons. The van der Waals surface area contributed by atoms with Crippen LogP contribution in [-0.4, -0.2) is 40.5 Å². The first-order valence-corrected chi connectivity index (χ1v) is 8.29. The summed E-state index contributed by atoms with van der Waals surface area (Å²) in [7, 11) is 0. The maximum absolute atomic E-state index is 11.8. The number of hydrogen-bond acceptors (Lipinski definition) is 7. The summed E-state index contributed by atoms with van der Waals surface area (Å²) in [5, 5.41) is 0. The minimum absolute atomic E-state index is 0.341. The van der Waals surface area contributed by atoms with E-state index in [1.54, 1.807) is 6.92 Å². The summed E-state index contributed by atoms with van der Waals surface area (Å²) in [6.07, 6.45) is 2.22. The lowest BCUT2D eigenvalue weighted by Crippen LogP contribution is -2.34. The van der Waals surface area contributed by atoms with E-state index >= 15 is 0 Å². The van der Waals surface area contributed by atoms with Gasteiger partial charge in [-0.15, -0.1) is 4.37 Å². The molecular formula is C14H23N3O3S. The highest BCUT2D eigenvalue weighted by Crippen LogP contribution is 2.30. The Morgan fingerprint density at radius 1 is 1.38 bits per heavy atom. The summed E-state index contributed by atoms with van der Waals surface area (Å²) >= 11 is 1.12. The van der Waals surface area contributed by atoms with Gasteiger partial charge < -0.3 is 14.4 Å². The van der Waals surface area contributed by atoms with Crippen LogP contribution in [0.25, 0.3) is 0 Å². The number of anilines is 1. The van der Waals surface area contributed by atoms with E-state index in [-0.39, 0.29) is 5.97 Å². The molecule has 2 heterocycles. The van der Waals surface area contributed by atoms with Crippen molar-refractivity contribution in [2.24, 2.45) is 5.92 Å². The normalized spacial score (nSPS) is 17.6. The van der Waals surface area contributed by atoms with E-state index in [9.17, 15) is 4.79 Å². The fraction of sp³-hybridized carbons (Fsp3) is 0.786. The van der Waals surface area contributed by atoms with Gasteiger partial charge in [-0.1, -0.05) is 13.8 Å². The van der Waals surface area contributed by atoms with Crippen LogP contribution in [0.15, 0.2) is 0 Å². The summed E-state index contributed by atoms with van der Waals surface area (Å²) in [4.78, 5) is 14.0. The number of piperidine rings is 1. The molecule has 0 aromatic carbocycles. The lowest BCUT2D eigenvalue weighted by molar-refractivity contribution is -0.151. The Bertz CT molecular complexity index is 458. The number of aromatic nitrogens is 2. The van der Waals surface area contributed by atoms with Crippen LogP contribution in [0.3, 0.4) is 0 Å². The summed E-state index contributed by atoms with van der Waals surface area (Å²) in [5.74, 6) is 1.62. The monoisotopic (exact) mass is 313 g/mol. The van der Waals surface area contributed by atoms with Gasteiger partial charge in [0.05, 0.1) is 18.3 Å². The second-order valence-electron chi connectivity index (χ2n) is 5.33. The predicted octanol–water partition coefficient (Wildman–Crippen LogP) is 2.49. The molecule has 1 unspecified atom stereocenters. The van der Waals surface area contributed by atoms with Crippen LogP contribution >= 0.6 is 11.7 Å². The van der Waals surface area contributed by atoms with Crippen LogP contribution in [0, 0.1) is 5.92 Å². The molecule has 1 saturated heterocycles.